The van der Waals surface area contributed by atoms with Crippen LogP contribution in [0, 0.1) is 5.92 Å². The molecule has 0 bridgehead atoms. The van der Waals surface area contributed by atoms with E-state index in [1.807, 2.05) is 6.92 Å². The molecule has 0 saturated heterocycles. The Morgan fingerprint density at radius 2 is 2.17 bits per heavy atom. The van der Waals surface area contributed by atoms with Gasteiger partial charge in [-0.25, -0.2) is 18.8 Å². The molecular formula is C21H27N5O3S. The summed E-state index contributed by atoms with van der Waals surface area (Å²) >= 11 is 0. The number of aryl methyl sites for hydroxylation is 2. The standard InChI is InChI=1S/C21H27N5O3S/c1-12-10-26-20(29-11-12)17(9-23-26)30(22,28)25-21(27)24-19-16-5-3-4-14(16)8-15-7-6-13(2)18(15)19/h8-9,12-13H,3-7,10-11H2,1-2H3,(H3,22,24,25,27,28)/t12-,13+,30?/m0/s1. The first kappa shape index (κ1) is 19.6. The summed E-state index contributed by atoms with van der Waals surface area (Å²) in [6.07, 6.45) is 6.54. The van der Waals surface area contributed by atoms with Crippen molar-refractivity contribution >= 4 is 21.6 Å². The molecule has 2 amide bonds. The lowest BCUT2D eigenvalue weighted by atomic mass is 9.95. The molecule has 30 heavy (non-hydrogen) atoms. The topological polar surface area (TPSA) is 112 Å². The molecule has 9 heteroatoms. The summed E-state index contributed by atoms with van der Waals surface area (Å²) in [5.74, 6) is 1.01. The highest BCUT2D eigenvalue weighted by Crippen LogP contribution is 2.44. The van der Waals surface area contributed by atoms with Crippen molar-refractivity contribution < 1.29 is 13.7 Å². The minimum Gasteiger partial charge on any atom is -0.477 e. The monoisotopic (exact) mass is 429 g/mol. The number of aromatic nitrogens is 2. The van der Waals surface area contributed by atoms with Crippen LogP contribution in [-0.4, -0.2) is 26.6 Å². The zero-order chi connectivity index (χ0) is 21.0. The maximum Gasteiger partial charge on any atom is 0.354 e. The van der Waals surface area contributed by atoms with Crippen molar-refractivity contribution in [2.24, 2.45) is 15.4 Å². The maximum absolute atomic E-state index is 13.2. The molecule has 160 valence electrons. The second-order valence-corrected chi connectivity index (χ2v) is 10.5. The Morgan fingerprint density at radius 3 is 3.00 bits per heavy atom. The van der Waals surface area contributed by atoms with Crippen LogP contribution in [0.2, 0.25) is 0 Å². The lowest BCUT2D eigenvalue weighted by molar-refractivity contribution is 0.171. The molecule has 1 aromatic carbocycles. The van der Waals surface area contributed by atoms with E-state index < -0.39 is 15.9 Å². The third-order valence-corrected chi connectivity index (χ3v) is 7.73. The molecule has 2 aromatic rings. The molecule has 3 N–H and O–H groups in total. The molecule has 2 aliphatic carbocycles. The quantitative estimate of drug-likeness (QED) is 0.762. The zero-order valence-corrected chi connectivity index (χ0v) is 18.1. The largest absolute Gasteiger partial charge is 0.477 e. The second-order valence-electron chi connectivity index (χ2n) is 8.76. The number of nitrogens with zero attached hydrogens (tertiary/aromatic N) is 3. The van der Waals surface area contributed by atoms with E-state index in [9.17, 15) is 9.00 Å². The van der Waals surface area contributed by atoms with Crippen LogP contribution in [0.5, 0.6) is 5.88 Å². The van der Waals surface area contributed by atoms with E-state index in [0.29, 0.717) is 30.9 Å². The molecule has 8 nitrogen and oxygen atoms in total. The van der Waals surface area contributed by atoms with Gasteiger partial charge in [-0.15, -0.1) is 4.36 Å². The predicted molar refractivity (Wildman–Crippen MR) is 114 cm³/mol. The van der Waals surface area contributed by atoms with E-state index in [1.165, 1.54) is 28.5 Å². The Kier molecular flexibility index (Phi) is 4.62. The van der Waals surface area contributed by atoms with Crippen molar-refractivity contribution in [2.75, 3.05) is 11.9 Å². The Morgan fingerprint density at radius 1 is 1.33 bits per heavy atom. The lowest BCUT2D eigenvalue weighted by Crippen LogP contribution is -2.25. The number of nitrogens with two attached hydrogens (primary N) is 1. The van der Waals surface area contributed by atoms with Crippen LogP contribution in [0.4, 0.5) is 10.5 Å². The van der Waals surface area contributed by atoms with E-state index in [4.69, 9.17) is 9.88 Å². The Labute approximate surface area is 176 Å². The van der Waals surface area contributed by atoms with Gasteiger partial charge in [0.15, 0.2) is 9.92 Å². The summed E-state index contributed by atoms with van der Waals surface area (Å²) < 4.78 is 24.3. The Balaban J connectivity index is 1.49. The number of hydrogen-bond acceptors (Lipinski definition) is 4. The highest BCUT2D eigenvalue weighted by Gasteiger charge is 2.30. The number of nitrogens with one attached hydrogen (secondary N) is 1. The van der Waals surface area contributed by atoms with Crippen LogP contribution >= 0.6 is 0 Å². The smallest absolute Gasteiger partial charge is 0.354 e. The van der Waals surface area contributed by atoms with Gasteiger partial charge >= 0.3 is 6.03 Å². The highest BCUT2D eigenvalue weighted by molar-refractivity contribution is 7.91. The molecule has 0 saturated carbocycles. The third-order valence-electron chi connectivity index (χ3n) is 6.38. The van der Waals surface area contributed by atoms with E-state index in [0.717, 1.165) is 37.8 Å². The van der Waals surface area contributed by atoms with Crippen LogP contribution in [-0.2, 0) is 35.7 Å². The maximum atomic E-state index is 13.2. The fourth-order valence-corrected chi connectivity index (χ4v) is 5.96. The molecule has 1 aromatic heterocycles. The van der Waals surface area contributed by atoms with Gasteiger partial charge < -0.3 is 10.1 Å². The number of carbonyl (C=O) groups excluding carboxylic acids is 1. The van der Waals surface area contributed by atoms with Crippen LogP contribution < -0.4 is 15.2 Å². The number of urea groups is 1. The third kappa shape index (κ3) is 3.20. The van der Waals surface area contributed by atoms with Gasteiger partial charge in [-0.1, -0.05) is 19.9 Å². The normalized spacial score (nSPS) is 23.7. The molecule has 3 atom stereocenters. The number of hydrogen-bond donors (Lipinski definition) is 2. The molecule has 0 spiro atoms. The number of fused-ring (bicyclic) bond motifs is 3. The summed E-state index contributed by atoms with van der Waals surface area (Å²) in [6.45, 7) is 5.36. The van der Waals surface area contributed by atoms with Crippen molar-refractivity contribution in [2.45, 2.75) is 63.3 Å². The molecule has 0 fully saturated rings. The van der Waals surface area contributed by atoms with E-state index in [-0.39, 0.29) is 4.90 Å². The van der Waals surface area contributed by atoms with Crippen molar-refractivity contribution in [3.63, 3.8) is 0 Å². The average Bonchev–Trinajstić information content (AvgIpc) is 3.39. The molecule has 5 rings (SSSR count). The Bertz CT molecular complexity index is 1160. The minimum atomic E-state index is -3.48. The van der Waals surface area contributed by atoms with Crippen LogP contribution in [0.25, 0.3) is 0 Å². The summed E-state index contributed by atoms with van der Waals surface area (Å²) in [5.41, 5.74) is 5.86. The van der Waals surface area contributed by atoms with Gasteiger partial charge in [0.2, 0.25) is 5.88 Å². The number of anilines is 1. The number of carbonyl (C=O) groups is 1. The predicted octanol–water partition coefficient (Wildman–Crippen LogP) is 3.38. The highest BCUT2D eigenvalue weighted by atomic mass is 32.2. The number of rotatable bonds is 2. The molecule has 1 unspecified atom stereocenters. The lowest BCUT2D eigenvalue weighted by Gasteiger charge is -2.21. The van der Waals surface area contributed by atoms with Crippen molar-refractivity contribution in [3.8, 4) is 5.88 Å². The van der Waals surface area contributed by atoms with Crippen LogP contribution in [0.1, 0.15) is 54.9 Å². The van der Waals surface area contributed by atoms with Crippen molar-refractivity contribution in [1.82, 2.24) is 9.78 Å². The number of benzene rings is 1. The van der Waals surface area contributed by atoms with Crippen LogP contribution in [0.3, 0.4) is 0 Å². The SMILES string of the molecule is C[C@@H]1COc2c(S(N)(=O)=NC(=O)Nc3c4c(cc5c3[C@H](C)CC5)CCC4)cnn2C1. The summed E-state index contributed by atoms with van der Waals surface area (Å²) in [4.78, 5) is 13.0. The molecular weight excluding hydrogens is 402 g/mol. The average molecular weight is 430 g/mol. The summed E-state index contributed by atoms with van der Waals surface area (Å²) in [6, 6.07) is 1.62. The first-order valence-corrected chi connectivity index (χ1v) is 12.1. The van der Waals surface area contributed by atoms with Gasteiger partial charge in [0.25, 0.3) is 0 Å². The van der Waals surface area contributed by atoms with Gasteiger partial charge in [-0.3, -0.25) is 0 Å². The molecule has 2 heterocycles. The zero-order valence-electron chi connectivity index (χ0n) is 17.3. The molecule has 3 aliphatic rings. The molecule has 0 radical (unpaired) electrons. The van der Waals surface area contributed by atoms with Crippen molar-refractivity contribution in [1.29, 1.82) is 0 Å². The fourth-order valence-electron chi connectivity index (χ4n) is 4.96. The van der Waals surface area contributed by atoms with Crippen LogP contribution in [0.15, 0.2) is 21.5 Å². The second kappa shape index (κ2) is 7.09. The minimum absolute atomic E-state index is 0.168. The van der Waals surface area contributed by atoms with E-state index in [2.05, 4.69) is 27.8 Å². The van der Waals surface area contributed by atoms with E-state index in [1.54, 1.807) is 4.68 Å². The Hall–Kier alpha value is -2.39. The van der Waals surface area contributed by atoms with Crippen molar-refractivity contribution in [3.05, 3.63) is 34.5 Å². The fraction of sp³-hybridized carbons (Fsp3) is 0.524. The van der Waals surface area contributed by atoms with Gasteiger partial charge in [0.05, 0.1) is 19.3 Å². The van der Waals surface area contributed by atoms with Gasteiger partial charge in [-0.2, -0.15) is 5.10 Å². The van der Waals surface area contributed by atoms with E-state index >= 15 is 0 Å². The summed E-state index contributed by atoms with van der Waals surface area (Å²) in [5, 5.41) is 13.2. The molecule has 1 aliphatic heterocycles. The van der Waals surface area contributed by atoms with Gasteiger partial charge in [-0.05, 0) is 60.3 Å². The van der Waals surface area contributed by atoms with Gasteiger partial charge in [0.1, 0.15) is 4.90 Å². The van der Waals surface area contributed by atoms with Gasteiger partial charge in [0, 0.05) is 11.6 Å². The first-order chi connectivity index (χ1) is 14.3. The number of amides is 2. The first-order valence-electron chi connectivity index (χ1n) is 10.6. The summed E-state index contributed by atoms with van der Waals surface area (Å²) in [7, 11) is -3.48. The number of ether oxygens (including phenoxy) is 1.